The van der Waals surface area contributed by atoms with Gasteiger partial charge in [-0.25, -0.2) is 13.8 Å². The van der Waals surface area contributed by atoms with Gasteiger partial charge in [0, 0.05) is 0 Å². The van der Waals surface area contributed by atoms with E-state index in [1.165, 1.54) is 0 Å². The van der Waals surface area contributed by atoms with Crippen molar-refractivity contribution in [3.05, 3.63) is 22.0 Å². The minimum absolute atomic E-state index is 0.517. The highest BCUT2D eigenvalue weighted by Crippen LogP contribution is 2.43. The van der Waals surface area contributed by atoms with Crippen molar-refractivity contribution in [2.45, 2.75) is 12.8 Å². The first-order valence-corrected chi connectivity index (χ1v) is 4.42. The predicted molar refractivity (Wildman–Crippen MR) is 49.1 cm³/mol. The monoisotopic (exact) mass is 288 g/mol. The van der Waals surface area contributed by atoms with Gasteiger partial charge in [-0.05, 0) is 0 Å². The Bertz CT molecular complexity index is 491. The summed E-state index contributed by atoms with van der Waals surface area (Å²) in [6, 6.07) is 0. The Morgan fingerprint density at radius 2 is 2.00 bits per heavy atom. The number of halogens is 5. The summed E-state index contributed by atoms with van der Waals surface area (Å²) in [5, 5.41) is 10.7. The Labute approximate surface area is 101 Å². The summed E-state index contributed by atoms with van der Waals surface area (Å²) in [6.07, 6.45) is -8.35. The maximum atomic E-state index is 12.5. The Morgan fingerprint density at radius 1 is 1.42 bits per heavy atom. The van der Waals surface area contributed by atoms with E-state index in [1.54, 1.807) is 0 Å². The van der Waals surface area contributed by atoms with Gasteiger partial charge in [0.1, 0.15) is 0 Å². The molecule has 0 aromatic carbocycles. The molecular weight excluding hydrogens is 283 g/mol. The van der Waals surface area contributed by atoms with Gasteiger partial charge in [0.15, 0.2) is 5.69 Å². The zero-order valence-electron chi connectivity index (χ0n) is 9.07. The Balaban J connectivity index is 3.53. The van der Waals surface area contributed by atoms with E-state index in [-0.39, 0.29) is 0 Å². The SMILES string of the molecule is COc1cnc(C(F)F)c(OC(F)(F)F)c1[N+](=O)[O-]. The number of hydrogen-bond donors (Lipinski definition) is 0. The number of methoxy groups -OCH3 is 1. The molecule has 0 aliphatic carbocycles. The summed E-state index contributed by atoms with van der Waals surface area (Å²) >= 11 is 0. The van der Waals surface area contributed by atoms with Crippen molar-refractivity contribution in [1.29, 1.82) is 0 Å². The molecular formula is C8H5F5N2O4. The van der Waals surface area contributed by atoms with Crippen molar-refractivity contribution < 1.29 is 36.3 Å². The highest BCUT2D eigenvalue weighted by molar-refractivity contribution is 5.58. The first-order valence-electron chi connectivity index (χ1n) is 4.42. The first-order chi connectivity index (χ1) is 8.67. The van der Waals surface area contributed by atoms with Crippen LogP contribution in [0.15, 0.2) is 6.20 Å². The standard InChI is InChI=1S/C8H5F5N2O4/c1-18-3-2-14-4(7(9)10)6(5(3)15(16)17)19-8(11,12)13/h2,7H,1H3. The smallest absolute Gasteiger partial charge is 0.489 e. The molecule has 0 saturated heterocycles. The lowest BCUT2D eigenvalue weighted by molar-refractivity contribution is -0.389. The van der Waals surface area contributed by atoms with Crippen molar-refractivity contribution in [3.8, 4) is 11.5 Å². The van der Waals surface area contributed by atoms with E-state index in [9.17, 15) is 32.1 Å². The van der Waals surface area contributed by atoms with Gasteiger partial charge in [0.25, 0.3) is 6.43 Å². The second-order valence-corrected chi connectivity index (χ2v) is 3.00. The van der Waals surface area contributed by atoms with Crippen LogP contribution in [0.2, 0.25) is 0 Å². The highest BCUT2D eigenvalue weighted by Gasteiger charge is 2.40. The summed E-state index contributed by atoms with van der Waals surface area (Å²) < 4.78 is 69.0. The van der Waals surface area contributed by atoms with Crippen molar-refractivity contribution in [2.24, 2.45) is 0 Å². The summed E-state index contributed by atoms with van der Waals surface area (Å²) in [5.74, 6) is -2.42. The van der Waals surface area contributed by atoms with Crippen LogP contribution >= 0.6 is 0 Å². The lowest BCUT2D eigenvalue weighted by Gasteiger charge is -2.13. The van der Waals surface area contributed by atoms with Crippen molar-refractivity contribution in [2.75, 3.05) is 7.11 Å². The first kappa shape index (κ1) is 14.9. The molecule has 1 aromatic rings. The molecule has 0 N–H and O–H groups in total. The van der Waals surface area contributed by atoms with Gasteiger partial charge in [0.2, 0.25) is 11.5 Å². The average molecular weight is 288 g/mol. The molecule has 0 atom stereocenters. The zero-order valence-corrected chi connectivity index (χ0v) is 9.07. The molecule has 1 rings (SSSR count). The Kier molecular flexibility index (Phi) is 4.07. The van der Waals surface area contributed by atoms with Crippen LogP contribution in [0.25, 0.3) is 0 Å². The Hall–Kier alpha value is -2.20. The third-order valence-electron chi connectivity index (χ3n) is 1.83. The number of alkyl halides is 5. The number of rotatable bonds is 4. The van der Waals surface area contributed by atoms with E-state index >= 15 is 0 Å². The van der Waals surface area contributed by atoms with Gasteiger partial charge in [0.05, 0.1) is 18.2 Å². The molecule has 0 spiro atoms. The van der Waals surface area contributed by atoms with Crippen LogP contribution in [0.5, 0.6) is 11.5 Å². The van der Waals surface area contributed by atoms with Crippen LogP contribution < -0.4 is 9.47 Å². The van der Waals surface area contributed by atoms with Crippen LogP contribution in [-0.4, -0.2) is 23.4 Å². The molecule has 0 aliphatic heterocycles. The zero-order chi connectivity index (χ0) is 14.8. The molecule has 11 heteroatoms. The second-order valence-electron chi connectivity index (χ2n) is 3.00. The maximum absolute atomic E-state index is 12.5. The summed E-state index contributed by atoms with van der Waals surface area (Å²) in [6.45, 7) is 0. The molecule has 0 fully saturated rings. The molecule has 6 nitrogen and oxygen atoms in total. The predicted octanol–water partition coefficient (Wildman–Crippen LogP) is 2.83. The minimum atomic E-state index is -5.39. The summed E-state index contributed by atoms with van der Waals surface area (Å²) in [5.41, 5.74) is -2.87. The van der Waals surface area contributed by atoms with Crippen molar-refractivity contribution in [1.82, 2.24) is 4.98 Å². The topological polar surface area (TPSA) is 74.5 Å². The van der Waals surface area contributed by atoms with Crippen molar-refractivity contribution in [3.63, 3.8) is 0 Å². The molecule has 1 heterocycles. The maximum Gasteiger partial charge on any atom is 0.573 e. The van der Waals surface area contributed by atoms with Gasteiger partial charge in [-0.1, -0.05) is 0 Å². The molecule has 0 radical (unpaired) electrons. The molecule has 0 bridgehead atoms. The number of nitrogens with zero attached hydrogens (tertiary/aromatic N) is 2. The van der Waals surface area contributed by atoms with Crippen LogP contribution in [-0.2, 0) is 0 Å². The highest BCUT2D eigenvalue weighted by atomic mass is 19.4. The van der Waals surface area contributed by atoms with E-state index in [1.807, 2.05) is 0 Å². The normalized spacial score (nSPS) is 11.5. The second kappa shape index (κ2) is 5.20. The fourth-order valence-corrected chi connectivity index (χ4v) is 1.18. The number of ether oxygens (including phenoxy) is 2. The van der Waals surface area contributed by atoms with Gasteiger partial charge in [-0.15, -0.1) is 13.2 Å². The number of nitro groups is 1. The lowest BCUT2D eigenvalue weighted by Crippen LogP contribution is -2.20. The molecule has 106 valence electrons. The van der Waals surface area contributed by atoms with Gasteiger partial charge in [-0.2, -0.15) is 0 Å². The molecule has 0 aliphatic rings. The molecule has 0 amide bonds. The van der Waals surface area contributed by atoms with E-state index < -0.39 is 40.6 Å². The molecule has 1 aromatic heterocycles. The lowest BCUT2D eigenvalue weighted by atomic mass is 10.2. The Morgan fingerprint density at radius 3 is 2.37 bits per heavy atom. The average Bonchev–Trinajstić information content (AvgIpc) is 2.25. The largest absolute Gasteiger partial charge is 0.573 e. The van der Waals surface area contributed by atoms with Gasteiger partial charge in [-0.3, -0.25) is 10.1 Å². The van der Waals surface area contributed by atoms with Gasteiger partial charge < -0.3 is 9.47 Å². The molecule has 19 heavy (non-hydrogen) atoms. The molecule has 0 saturated carbocycles. The number of hydrogen-bond acceptors (Lipinski definition) is 5. The third-order valence-corrected chi connectivity index (χ3v) is 1.83. The van der Waals surface area contributed by atoms with Crippen molar-refractivity contribution >= 4 is 5.69 Å². The summed E-state index contributed by atoms with van der Waals surface area (Å²) in [7, 11) is 0.906. The van der Waals surface area contributed by atoms with E-state index in [0.717, 1.165) is 7.11 Å². The third kappa shape index (κ3) is 3.39. The quantitative estimate of drug-likeness (QED) is 0.484. The fraction of sp³-hybridized carbons (Fsp3) is 0.375. The van der Waals surface area contributed by atoms with Crippen LogP contribution in [0.4, 0.5) is 27.6 Å². The van der Waals surface area contributed by atoms with E-state index in [2.05, 4.69) is 14.5 Å². The van der Waals surface area contributed by atoms with E-state index in [4.69, 9.17) is 0 Å². The number of aromatic nitrogens is 1. The van der Waals surface area contributed by atoms with Crippen LogP contribution in [0.3, 0.4) is 0 Å². The van der Waals surface area contributed by atoms with Crippen LogP contribution in [0.1, 0.15) is 12.1 Å². The van der Waals surface area contributed by atoms with Gasteiger partial charge >= 0.3 is 12.0 Å². The fourth-order valence-electron chi connectivity index (χ4n) is 1.18. The minimum Gasteiger partial charge on any atom is -0.489 e. The summed E-state index contributed by atoms with van der Waals surface area (Å²) in [4.78, 5) is 12.3. The number of pyridine rings is 1. The van der Waals surface area contributed by atoms with E-state index in [0.29, 0.717) is 6.20 Å². The molecule has 0 unspecified atom stereocenters. The van der Waals surface area contributed by atoms with Crippen LogP contribution in [0, 0.1) is 10.1 Å².